The standard InChI is InChI=1S/C14H8Cl2N2O6Se/c15-25(16,13(19)9-3-1-5-11(7-9)17(21)22)14(20)10-4-2-6-12(8-10)18(23)24/h1-8H. The Bertz CT molecular complexity index is 831. The zero-order chi connectivity index (χ0) is 18.8. The first-order valence-electron chi connectivity index (χ1n) is 6.45. The van der Waals surface area contributed by atoms with Crippen LogP contribution in [0.25, 0.3) is 0 Å². The minimum atomic E-state index is -4.50. The van der Waals surface area contributed by atoms with Crippen molar-refractivity contribution in [2.75, 3.05) is 0 Å². The van der Waals surface area contributed by atoms with Gasteiger partial charge in [0.1, 0.15) is 0 Å². The van der Waals surface area contributed by atoms with Crippen LogP contribution in [0, 0.1) is 20.2 Å². The van der Waals surface area contributed by atoms with Crippen molar-refractivity contribution in [3.05, 3.63) is 79.9 Å². The van der Waals surface area contributed by atoms with Crippen LogP contribution in [0.3, 0.4) is 0 Å². The second-order valence-electron chi connectivity index (χ2n) is 4.66. The normalized spacial score (nSPS) is 11.6. The molecule has 2 aromatic rings. The van der Waals surface area contributed by atoms with E-state index < -0.39 is 30.2 Å². The molecule has 0 saturated carbocycles. The van der Waals surface area contributed by atoms with E-state index in [1.807, 2.05) is 0 Å². The molecule has 0 heterocycles. The Morgan fingerprint density at radius 2 is 1.16 bits per heavy atom. The molecule has 0 unspecified atom stereocenters. The molecule has 0 aliphatic heterocycles. The van der Waals surface area contributed by atoms with E-state index in [0.29, 0.717) is 0 Å². The van der Waals surface area contributed by atoms with Crippen LogP contribution in [0.4, 0.5) is 11.4 Å². The molecule has 0 aromatic heterocycles. The number of rotatable bonds is 6. The van der Waals surface area contributed by atoms with Crippen molar-refractivity contribution in [1.82, 2.24) is 0 Å². The van der Waals surface area contributed by atoms with E-state index in [2.05, 4.69) is 0 Å². The molecular weight excluding hydrogens is 442 g/mol. The summed E-state index contributed by atoms with van der Waals surface area (Å²) in [6, 6.07) is 9.34. The van der Waals surface area contributed by atoms with E-state index in [4.69, 9.17) is 20.2 Å². The number of benzene rings is 2. The van der Waals surface area contributed by atoms with Crippen LogP contribution in [0.15, 0.2) is 48.5 Å². The molecule has 2 aromatic carbocycles. The third-order valence-corrected chi connectivity index (χ3v) is 8.91. The van der Waals surface area contributed by atoms with E-state index in [0.717, 1.165) is 12.1 Å². The van der Waals surface area contributed by atoms with Crippen molar-refractivity contribution in [2.24, 2.45) is 0 Å². The van der Waals surface area contributed by atoms with Gasteiger partial charge in [0.15, 0.2) is 0 Å². The van der Waals surface area contributed by atoms with Gasteiger partial charge in [0.25, 0.3) is 0 Å². The van der Waals surface area contributed by atoms with Crippen molar-refractivity contribution < 1.29 is 19.4 Å². The predicted molar refractivity (Wildman–Crippen MR) is 92.3 cm³/mol. The van der Waals surface area contributed by atoms with Gasteiger partial charge in [-0.15, -0.1) is 0 Å². The summed E-state index contributed by atoms with van der Waals surface area (Å²) >= 11 is -4.50. The second kappa shape index (κ2) is 7.28. The monoisotopic (exact) mass is 450 g/mol. The molecular formula is C14H8Cl2N2O6Se. The van der Waals surface area contributed by atoms with Gasteiger partial charge in [0, 0.05) is 0 Å². The van der Waals surface area contributed by atoms with Crippen LogP contribution >= 0.6 is 20.2 Å². The summed E-state index contributed by atoms with van der Waals surface area (Å²) in [7, 11) is 12.1. The van der Waals surface area contributed by atoms with Gasteiger partial charge < -0.3 is 0 Å². The fraction of sp³-hybridized carbons (Fsp3) is 0. The van der Waals surface area contributed by atoms with Gasteiger partial charge in [-0.3, -0.25) is 0 Å². The number of carbonyl (C=O) groups excluding carboxylic acids is 2. The zero-order valence-corrected chi connectivity index (χ0v) is 15.4. The van der Waals surface area contributed by atoms with Crippen molar-refractivity contribution in [1.29, 1.82) is 0 Å². The minimum absolute atomic E-state index is 0.169. The SMILES string of the molecule is O=C(c1cccc([N+](=O)[O-])c1)[Se](Cl)(Cl)C(=O)c1cccc([N+](=O)[O-])c1. The zero-order valence-electron chi connectivity index (χ0n) is 12.1. The molecule has 0 bridgehead atoms. The van der Waals surface area contributed by atoms with Crippen molar-refractivity contribution in [3.63, 3.8) is 0 Å². The Labute approximate surface area is 151 Å². The van der Waals surface area contributed by atoms with E-state index in [1.54, 1.807) is 0 Å². The van der Waals surface area contributed by atoms with Gasteiger partial charge in [-0.1, -0.05) is 0 Å². The quantitative estimate of drug-likeness (QED) is 0.377. The number of halogens is 2. The predicted octanol–water partition coefficient (Wildman–Crippen LogP) is 3.57. The summed E-state index contributed by atoms with van der Waals surface area (Å²) in [6.45, 7) is 0. The first-order chi connectivity index (χ1) is 11.6. The maximum absolute atomic E-state index is 12.5. The summed E-state index contributed by atoms with van der Waals surface area (Å²) in [5, 5.41) is 21.6. The van der Waals surface area contributed by atoms with Crippen molar-refractivity contribution in [3.8, 4) is 0 Å². The number of carbonyl (C=O) groups is 2. The molecule has 0 amide bonds. The number of nitro benzene ring substituents is 2. The number of nitro groups is 2. The molecule has 11 heteroatoms. The van der Waals surface area contributed by atoms with Crippen molar-refractivity contribution in [2.45, 2.75) is 0 Å². The average molecular weight is 450 g/mol. The van der Waals surface area contributed by atoms with Gasteiger partial charge in [-0.05, 0) is 0 Å². The summed E-state index contributed by atoms with van der Waals surface area (Å²) in [4.78, 5) is 45.2. The van der Waals surface area contributed by atoms with E-state index in [-0.39, 0.29) is 22.5 Å². The Morgan fingerprint density at radius 1 is 0.800 bits per heavy atom. The van der Waals surface area contributed by atoms with Crippen LogP contribution in [0.2, 0.25) is 0 Å². The first kappa shape index (κ1) is 19.0. The fourth-order valence-corrected chi connectivity index (χ4v) is 5.85. The Balaban J connectivity index is 2.40. The van der Waals surface area contributed by atoms with Crippen LogP contribution in [-0.2, 0) is 0 Å². The molecule has 0 radical (unpaired) electrons. The van der Waals surface area contributed by atoms with Gasteiger partial charge in [0.2, 0.25) is 0 Å². The molecule has 0 aliphatic carbocycles. The van der Waals surface area contributed by atoms with Gasteiger partial charge >= 0.3 is 151 Å². The molecule has 0 aliphatic rings. The third kappa shape index (κ3) is 4.02. The van der Waals surface area contributed by atoms with Crippen LogP contribution in [0.5, 0.6) is 0 Å². The average Bonchev–Trinajstić information content (AvgIpc) is 2.60. The van der Waals surface area contributed by atoms with E-state index >= 15 is 0 Å². The summed E-state index contributed by atoms with van der Waals surface area (Å²) < 4.78 is -1.83. The molecule has 8 nitrogen and oxygen atoms in total. The Morgan fingerprint density at radius 3 is 1.48 bits per heavy atom. The van der Waals surface area contributed by atoms with Crippen molar-refractivity contribution >= 4 is 52.0 Å². The molecule has 25 heavy (non-hydrogen) atoms. The molecule has 0 atom stereocenters. The van der Waals surface area contributed by atoms with Crippen LogP contribution in [-0.4, -0.2) is 30.2 Å². The Kier molecular flexibility index (Phi) is 5.54. The fourth-order valence-electron chi connectivity index (χ4n) is 1.87. The van der Waals surface area contributed by atoms with Crippen LogP contribution < -0.4 is 0 Å². The maximum atomic E-state index is 12.5. The molecule has 0 saturated heterocycles. The molecule has 0 N–H and O–H groups in total. The van der Waals surface area contributed by atoms with Gasteiger partial charge in [-0.2, -0.15) is 0 Å². The summed E-state index contributed by atoms with van der Waals surface area (Å²) in [6.07, 6.45) is 0. The van der Waals surface area contributed by atoms with E-state index in [1.165, 1.54) is 36.4 Å². The molecule has 0 spiro atoms. The van der Waals surface area contributed by atoms with E-state index in [9.17, 15) is 29.8 Å². The summed E-state index contributed by atoms with van der Waals surface area (Å²) in [5.74, 6) is 0. The number of nitrogens with zero attached hydrogens (tertiary/aromatic N) is 2. The number of hydrogen-bond acceptors (Lipinski definition) is 6. The topological polar surface area (TPSA) is 120 Å². The summed E-state index contributed by atoms with van der Waals surface area (Å²) in [5.41, 5.74) is -1.04. The van der Waals surface area contributed by atoms with Crippen LogP contribution in [0.1, 0.15) is 20.7 Å². The Hall–Kier alpha value is -2.32. The number of non-ortho nitro benzene ring substituents is 2. The van der Waals surface area contributed by atoms with Gasteiger partial charge in [-0.25, -0.2) is 0 Å². The molecule has 0 fully saturated rings. The first-order valence-corrected chi connectivity index (χ1v) is 12.7. The third-order valence-electron chi connectivity index (χ3n) is 3.05. The molecule has 130 valence electrons. The molecule has 2 rings (SSSR count). The second-order valence-corrected chi connectivity index (χ2v) is 13.8. The van der Waals surface area contributed by atoms with Gasteiger partial charge in [0.05, 0.1) is 0 Å². The number of hydrogen-bond donors (Lipinski definition) is 0.